The number of carbonyl (C=O) groups is 1. The maximum Gasteiger partial charge on any atom is 0.303 e. The molecule has 2 aromatic carbocycles. The zero-order valence-corrected chi connectivity index (χ0v) is 16.5. The minimum absolute atomic E-state index is 0.119. The van der Waals surface area contributed by atoms with Gasteiger partial charge in [0.25, 0.3) is 0 Å². The summed E-state index contributed by atoms with van der Waals surface area (Å²) in [5, 5.41) is 18.2. The Hall–Kier alpha value is -3.65. The Morgan fingerprint density at radius 3 is 2.47 bits per heavy atom. The molecular formula is C25H22N2O3. The second-order valence-electron chi connectivity index (χ2n) is 7.61. The van der Waals surface area contributed by atoms with Gasteiger partial charge in [0.2, 0.25) is 0 Å². The van der Waals surface area contributed by atoms with Crippen LogP contribution in [0.2, 0.25) is 0 Å². The summed E-state index contributed by atoms with van der Waals surface area (Å²) in [6.45, 7) is 0.377. The van der Waals surface area contributed by atoms with Gasteiger partial charge in [-0.2, -0.15) is 5.26 Å². The molecular weight excluding hydrogens is 376 g/mol. The zero-order valence-electron chi connectivity index (χ0n) is 16.5. The van der Waals surface area contributed by atoms with Crippen molar-refractivity contribution in [1.82, 2.24) is 4.98 Å². The zero-order chi connectivity index (χ0) is 21.0. The van der Waals surface area contributed by atoms with Crippen molar-refractivity contribution in [1.29, 1.82) is 5.26 Å². The molecule has 1 fully saturated rings. The molecule has 1 N–H and O–H groups in total. The molecule has 1 aliphatic carbocycles. The van der Waals surface area contributed by atoms with Crippen molar-refractivity contribution in [2.75, 3.05) is 0 Å². The number of carboxylic acid groups (broad SMARTS) is 1. The fourth-order valence-electron chi connectivity index (χ4n) is 3.52. The fraction of sp³-hybridized carbons (Fsp3) is 0.240. The molecule has 0 radical (unpaired) electrons. The first-order valence-corrected chi connectivity index (χ1v) is 9.99. The number of aryl methyl sites for hydroxylation is 1. The van der Waals surface area contributed by atoms with Gasteiger partial charge in [-0.3, -0.25) is 9.78 Å². The van der Waals surface area contributed by atoms with Crippen LogP contribution >= 0.6 is 0 Å². The third-order valence-corrected chi connectivity index (χ3v) is 5.51. The van der Waals surface area contributed by atoms with Crippen LogP contribution in [0.25, 0.3) is 11.3 Å². The van der Waals surface area contributed by atoms with E-state index in [-0.39, 0.29) is 11.8 Å². The average molecular weight is 398 g/mol. The van der Waals surface area contributed by atoms with Crippen LogP contribution in [0.5, 0.6) is 5.75 Å². The molecule has 5 heteroatoms. The van der Waals surface area contributed by atoms with Crippen LogP contribution in [0.1, 0.15) is 36.0 Å². The van der Waals surface area contributed by atoms with Crippen LogP contribution in [0.4, 0.5) is 0 Å². The molecule has 0 bridgehead atoms. The van der Waals surface area contributed by atoms with Crippen LogP contribution in [0, 0.1) is 11.3 Å². The lowest BCUT2D eigenvalue weighted by Crippen LogP contribution is -2.03. The molecule has 1 saturated carbocycles. The third kappa shape index (κ3) is 4.33. The quantitative estimate of drug-likeness (QED) is 0.583. The van der Waals surface area contributed by atoms with Gasteiger partial charge in [-0.05, 0) is 48.6 Å². The van der Waals surface area contributed by atoms with Crippen molar-refractivity contribution in [2.24, 2.45) is 0 Å². The molecule has 1 heterocycles. The van der Waals surface area contributed by atoms with Gasteiger partial charge in [0.05, 0.1) is 17.2 Å². The highest BCUT2D eigenvalue weighted by molar-refractivity contribution is 5.67. The number of pyridine rings is 1. The van der Waals surface area contributed by atoms with Gasteiger partial charge in [0.15, 0.2) is 0 Å². The summed E-state index contributed by atoms with van der Waals surface area (Å²) in [6, 6.07) is 21.9. The van der Waals surface area contributed by atoms with E-state index < -0.39 is 5.97 Å². The molecule has 30 heavy (non-hydrogen) atoms. The van der Waals surface area contributed by atoms with Crippen molar-refractivity contribution >= 4 is 5.97 Å². The first kappa shape index (κ1) is 19.7. The van der Waals surface area contributed by atoms with E-state index in [1.165, 1.54) is 0 Å². The van der Waals surface area contributed by atoms with Crippen LogP contribution in [-0.2, 0) is 23.2 Å². The lowest BCUT2D eigenvalue weighted by atomic mass is 9.95. The number of ether oxygens (including phenoxy) is 1. The summed E-state index contributed by atoms with van der Waals surface area (Å²) in [6.07, 6.45) is 4.25. The minimum atomic E-state index is -0.799. The first-order chi connectivity index (χ1) is 14.6. The first-order valence-electron chi connectivity index (χ1n) is 9.99. The SMILES string of the molecule is N#CC1(c2ccc(-c3ncccc3COc3ccc(CCC(=O)O)cc3)cc2)CC1. The lowest BCUT2D eigenvalue weighted by molar-refractivity contribution is -0.136. The summed E-state index contributed by atoms with van der Waals surface area (Å²) in [4.78, 5) is 15.2. The van der Waals surface area contributed by atoms with E-state index in [1.54, 1.807) is 6.20 Å². The van der Waals surface area contributed by atoms with Crippen molar-refractivity contribution in [3.63, 3.8) is 0 Å². The smallest absolute Gasteiger partial charge is 0.303 e. The van der Waals surface area contributed by atoms with E-state index in [4.69, 9.17) is 9.84 Å². The van der Waals surface area contributed by atoms with Crippen molar-refractivity contribution in [2.45, 2.75) is 37.7 Å². The van der Waals surface area contributed by atoms with E-state index in [0.29, 0.717) is 13.0 Å². The molecule has 0 amide bonds. The number of aliphatic carboxylic acids is 1. The molecule has 0 saturated heterocycles. The number of hydrogen-bond donors (Lipinski definition) is 1. The van der Waals surface area contributed by atoms with E-state index in [9.17, 15) is 10.1 Å². The predicted octanol–water partition coefficient (Wildman–Crippen LogP) is 4.90. The number of nitriles is 1. The number of hydrogen-bond acceptors (Lipinski definition) is 4. The van der Waals surface area contributed by atoms with Gasteiger partial charge < -0.3 is 9.84 Å². The molecule has 3 aromatic rings. The number of aromatic nitrogens is 1. The number of benzene rings is 2. The van der Waals surface area contributed by atoms with Crippen molar-refractivity contribution < 1.29 is 14.6 Å². The van der Waals surface area contributed by atoms with E-state index in [2.05, 4.69) is 11.1 Å². The second kappa shape index (κ2) is 8.38. The van der Waals surface area contributed by atoms with Gasteiger partial charge in [0, 0.05) is 23.7 Å². The maximum atomic E-state index is 10.7. The highest BCUT2D eigenvalue weighted by atomic mass is 16.5. The lowest BCUT2D eigenvalue weighted by Gasteiger charge is -2.12. The molecule has 0 spiro atoms. The topological polar surface area (TPSA) is 83.2 Å². The number of rotatable bonds is 8. The fourth-order valence-corrected chi connectivity index (χ4v) is 3.52. The van der Waals surface area contributed by atoms with Crippen LogP contribution < -0.4 is 4.74 Å². The third-order valence-electron chi connectivity index (χ3n) is 5.51. The van der Waals surface area contributed by atoms with Crippen LogP contribution in [0.15, 0.2) is 66.9 Å². The molecule has 150 valence electrons. The standard InChI is InChI=1S/C25H22N2O3/c26-17-25(13-14-25)21-8-6-19(7-9-21)24-20(2-1-15-27-24)16-30-22-10-3-18(4-11-22)5-12-23(28)29/h1-4,6-11,15H,5,12-14,16H2,(H,28,29). The summed E-state index contributed by atoms with van der Waals surface area (Å²) in [5.74, 6) is -0.0729. The summed E-state index contributed by atoms with van der Waals surface area (Å²) in [7, 11) is 0. The maximum absolute atomic E-state index is 10.7. The molecule has 1 aliphatic rings. The molecule has 1 aromatic heterocycles. The average Bonchev–Trinajstić information content (AvgIpc) is 3.59. The molecule has 4 rings (SSSR count). The van der Waals surface area contributed by atoms with E-state index in [0.717, 1.165) is 46.5 Å². The Balaban J connectivity index is 1.45. The minimum Gasteiger partial charge on any atom is -0.489 e. The number of nitrogens with zero attached hydrogens (tertiary/aromatic N) is 2. The Bertz CT molecular complexity index is 1080. The van der Waals surface area contributed by atoms with Crippen molar-refractivity contribution in [3.05, 3.63) is 83.6 Å². The van der Waals surface area contributed by atoms with Gasteiger partial charge >= 0.3 is 5.97 Å². The normalized spacial score (nSPS) is 14.0. The molecule has 5 nitrogen and oxygen atoms in total. The monoisotopic (exact) mass is 398 g/mol. The van der Waals surface area contributed by atoms with E-state index in [1.807, 2.05) is 60.7 Å². The predicted molar refractivity (Wildman–Crippen MR) is 113 cm³/mol. The molecule has 0 aliphatic heterocycles. The van der Waals surface area contributed by atoms with E-state index >= 15 is 0 Å². The largest absolute Gasteiger partial charge is 0.489 e. The van der Waals surface area contributed by atoms with Gasteiger partial charge in [-0.1, -0.05) is 42.5 Å². The van der Waals surface area contributed by atoms with Gasteiger partial charge in [-0.25, -0.2) is 0 Å². The Labute approximate surface area is 175 Å². The van der Waals surface area contributed by atoms with Gasteiger partial charge in [-0.15, -0.1) is 0 Å². The highest BCUT2D eigenvalue weighted by Crippen LogP contribution is 2.47. The summed E-state index contributed by atoms with van der Waals surface area (Å²) in [5.41, 5.74) is 4.59. The second-order valence-corrected chi connectivity index (χ2v) is 7.61. The molecule has 0 unspecified atom stereocenters. The summed E-state index contributed by atoms with van der Waals surface area (Å²) >= 11 is 0. The molecule has 0 atom stereocenters. The Kier molecular flexibility index (Phi) is 5.49. The summed E-state index contributed by atoms with van der Waals surface area (Å²) < 4.78 is 5.94. The Morgan fingerprint density at radius 1 is 1.10 bits per heavy atom. The van der Waals surface area contributed by atoms with Gasteiger partial charge in [0.1, 0.15) is 12.4 Å². The number of carboxylic acids is 1. The highest BCUT2D eigenvalue weighted by Gasteiger charge is 2.44. The Morgan fingerprint density at radius 2 is 1.83 bits per heavy atom. The van der Waals surface area contributed by atoms with Crippen LogP contribution in [-0.4, -0.2) is 16.1 Å². The van der Waals surface area contributed by atoms with Crippen molar-refractivity contribution in [3.8, 4) is 23.1 Å². The van der Waals surface area contributed by atoms with Crippen LogP contribution in [0.3, 0.4) is 0 Å².